The maximum absolute atomic E-state index is 12.3. The fourth-order valence-electron chi connectivity index (χ4n) is 1.65. The molecule has 20 heavy (non-hydrogen) atoms. The lowest BCUT2D eigenvalue weighted by Crippen LogP contribution is -2.02. The molecular weight excluding hydrogens is 336 g/mol. The van der Waals surface area contributed by atoms with Gasteiger partial charge in [-0.05, 0) is 6.26 Å². The van der Waals surface area contributed by atoms with E-state index in [1.165, 1.54) is 18.1 Å². The minimum atomic E-state index is -1.31. The first-order valence-corrected chi connectivity index (χ1v) is 9.39. The lowest BCUT2D eigenvalue weighted by Gasteiger charge is -2.04. The lowest BCUT2D eigenvalue weighted by molar-refractivity contribution is 0.676. The van der Waals surface area contributed by atoms with E-state index in [0.29, 0.717) is 20.9 Å². The number of thiophene rings is 1. The molecule has 3 heterocycles. The topological polar surface area (TPSA) is 71.5 Å². The predicted octanol–water partition coefficient (Wildman–Crippen LogP) is 3.10. The second-order valence-corrected chi connectivity index (χ2v) is 7.13. The first kappa shape index (κ1) is 14.0. The molecule has 0 aliphatic heterocycles. The van der Waals surface area contributed by atoms with Crippen molar-refractivity contribution in [2.45, 2.75) is 15.9 Å². The average Bonchev–Trinajstić information content (AvgIpc) is 3.02. The number of H-pyrrole nitrogens is 1. The third-order valence-electron chi connectivity index (χ3n) is 2.61. The summed E-state index contributed by atoms with van der Waals surface area (Å²) in [5.74, 6) is 0.217. The monoisotopic (exact) mass is 344 g/mol. The molecular formula is C11H9ClN4OS3. The summed E-state index contributed by atoms with van der Waals surface area (Å²) in [6.07, 6.45) is 3.32. The maximum atomic E-state index is 12.3. The van der Waals surface area contributed by atoms with Gasteiger partial charge in [-0.2, -0.15) is 0 Å². The van der Waals surface area contributed by atoms with Crippen LogP contribution in [0.15, 0.2) is 27.3 Å². The Morgan fingerprint density at radius 1 is 1.45 bits per heavy atom. The van der Waals surface area contributed by atoms with Crippen LogP contribution in [-0.4, -0.2) is 30.4 Å². The zero-order valence-corrected chi connectivity index (χ0v) is 13.5. The van der Waals surface area contributed by atoms with Crippen LogP contribution in [0, 0.1) is 0 Å². The summed E-state index contributed by atoms with van der Waals surface area (Å²) in [6.45, 7) is 0. The third kappa shape index (κ3) is 2.60. The van der Waals surface area contributed by atoms with Crippen LogP contribution < -0.4 is 0 Å². The highest BCUT2D eigenvalue weighted by Crippen LogP contribution is 2.26. The summed E-state index contributed by atoms with van der Waals surface area (Å²) >= 11 is 9.18. The minimum Gasteiger partial charge on any atom is -0.330 e. The summed E-state index contributed by atoms with van der Waals surface area (Å²) in [6, 6.07) is 0. The Kier molecular flexibility index (Phi) is 4.06. The Morgan fingerprint density at radius 2 is 2.30 bits per heavy atom. The Labute approximate surface area is 130 Å². The van der Waals surface area contributed by atoms with Gasteiger partial charge < -0.3 is 4.98 Å². The molecule has 3 rings (SSSR count). The average molecular weight is 345 g/mol. The van der Waals surface area contributed by atoms with Gasteiger partial charge in [0.1, 0.15) is 16.9 Å². The van der Waals surface area contributed by atoms with Gasteiger partial charge >= 0.3 is 0 Å². The van der Waals surface area contributed by atoms with Crippen LogP contribution in [0.3, 0.4) is 0 Å². The molecule has 5 nitrogen and oxygen atoms in total. The fraction of sp³-hybridized carbons (Fsp3) is 0.182. The number of nitrogens with one attached hydrogen (secondary N) is 1. The van der Waals surface area contributed by atoms with Crippen LogP contribution >= 0.6 is 34.7 Å². The van der Waals surface area contributed by atoms with E-state index in [-0.39, 0.29) is 5.75 Å². The molecule has 1 N–H and O–H groups in total. The van der Waals surface area contributed by atoms with E-state index in [0.717, 1.165) is 11.0 Å². The van der Waals surface area contributed by atoms with Gasteiger partial charge in [0.05, 0.1) is 32.8 Å². The minimum absolute atomic E-state index is 0.217. The second kappa shape index (κ2) is 5.80. The number of thioether (sulfide) groups is 1. The zero-order chi connectivity index (χ0) is 14.1. The van der Waals surface area contributed by atoms with Crippen LogP contribution in [0.2, 0.25) is 5.02 Å². The smallest absolute Gasteiger partial charge is 0.197 e. The number of hydrogen-bond acceptors (Lipinski definition) is 6. The van der Waals surface area contributed by atoms with E-state index < -0.39 is 10.8 Å². The van der Waals surface area contributed by atoms with E-state index in [9.17, 15) is 4.21 Å². The molecule has 0 aliphatic carbocycles. The number of aromatic amines is 1. The highest BCUT2D eigenvalue weighted by molar-refractivity contribution is 7.98. The van der Waals surface area contributed by atoms with Gasteiger partial charge in [-0.25, -0.2) is 15.0 Å². The number of nitrogens with zero attached hydrogens (tertiary/aromatic N) is 3. The molecule has 3 aromatic rings. The van der Waals surface area contributed by atoms with Crippen LogP contribution in [0.5, 0.6) is 0 Å². The van der Waals surface area contributed by atoms with Gasteiger partial charge in [0.25, 0.3) is 0 Å². The van der Waals surface area contributed by atoms with Gasteiger partial charge in [0.2, 0.25) is 0 Å². The molecule has 0 spiro atoms. The Balaban J connectivity index is 1.87. The van der Waals surface area contributed by atoms with Crippen molar-refractivity contribution in [3.8, 4) is 0 Å². The molecule has 9 heteroatoms. The van der Waals surface area contributed by atoms with E-state index in [4.69, 9.17) is 11.6 Å². The molecule has 0 radical (unpaired) electrons. The molecule has 3 aromatic heterocycles. The predicted molar refractivity (Wildman–Crippen MR) is 82.9 cm³/mol. The molecule has 0 saturated carbocycles. The first-order valence-electron chi connectivity index (χ1n) is 5.52. The first-order chi connectivity index (χ1) is 9.69. The van der Waals surface area contributed by atoms with Crippen molar-refractivity contribution in [2.75, 3.05) is 6.26 Å². The van der Waals surface area contributed by atoms with E-state index in [1.54, 1.807) is 11.3 Å². The molecule has 0 fully saturated rings. The molecule has 0 bridgehead atoms. The number of hydrogen-bond donors (Lipinski definition) is 1. The van der Waals surface area contributed by atoms with E-state index in [2.05, 4.69) is 19.9 Å². The number of halogens is 1. The number of fused-ring (bicyclic) bond motifs is 1. The van der Waals surface area contributed by atoms with Crippen molar-refractivity contribution < 1.29 is 4.21 Å². The van der Waals surface area contributed by atoms with Crippen molar-refractivity contribution in [2.24, 2.45) is 0 Å². The van der Waals surface area contributed by atoms with Crippen molar-refractivity contribution in [1.29, 1.82) is 0 Å². The van der Waals surface area contributed by atoms with Crippen LogP contribution in [0.1, 0.15) is 5.69 Å². The molecule has 1 atom stereocenters. The molecule has 0 aromatic carbocycles. The molecule has 0 amide bonds. The van der Waals surface area contributed by atoms with Crippen molar-refractivity contribution in [1.82, 2.24) is 19.9 Å². The lowest BCUT2D eigenvalue weighted by atomic mass is 10.4. The van der Waals surface area contributed by atoms with Gasteiger partial charge in [-0.3, -0.25) is 4.21 Å². The number of imidazole rings is 1. The SMILES string of the molecule is CSc1ncnc(CS(=O)c2nc3cscc3[nH]2)c1Cl. The highest BCUT2D eigenvalue weighted by Gasteiger charge is 2.15. The quantitative estimate of drug-likeness (QED) is 0.581. The number of rotatable bonds is 4. The zero-order valence-electron chi connectivity index (χ0n) is 10.3. The normalized spacial score (nSPS) is 12.9. The van der Waals surface area contributed by atoms with Crippen molar-refractivity contribution in [3.63, 3.8) is 0 Å². The van der Waals surface area contributed by atoms with Crippen LogP contribution in [0.25, 0.3) is 11.0 Å². The van der Waals surface area contributed by atoms with E-state index in [1.807, 2.05) is 17.0 Å². The Morgan fingerprint density at radius 3 is 3.05 bits per heavy atom. The molecule has 0 saturated heterocycles. The van der Waals surface area contributed by atoms with Crippen molar-refractivity contribution >= 4 is 56.5 Å². The maximum Gasteiger partial charge on any atom is 0.197 e. The standard InChI is InChI=1S/C11H9ClN4OS3/c1-18-10-9(12)8(13-5-14-10)4-20(17)11-15-6-2-19-3-7(6)16-11/h2-3,5H,4H2,1H3,(H,15,16). The van der Waals surface area contributed by atoms with Crippen LogP contribution in [0.4, 0.5) is 0 Å². The van der Waals surface area contributed by atoms with Gasteiger partial charge in [-0.1, -0.05) is 11.6 Å². The summed E-state index contributed by atoms with van der Waals surface area (Å²) in [7, 11) is -1.31. The molecule has 0 aliphatic rings. The highest BCUT2D eigenvalue weighted by atomic mass is 35.5. The third-order valence-corrected chi connectivity index (χ3v) is 5.71. The van der Waals surface area contributed by atoms with Gasteiger partial charge in [0.15, 0.2) is 5.16 Å². The van der Waals surface area contributed by atoms with Gasteiger partial charge in [-0.15, -0.1) is 23.1 Å². The van der Waals surface area contributed by atoms with Crippen molar-refractivity contribution in [3.05, 3.63) is 27.8 Å². The Hall–Kier alpha value is -0.960. The molecule has 1 unspecified atom stereocenters. The Bertz CT molecular complexity index is 756. The summed E-state index contributed by atoms with van der Waals surface area (Å²) in [5.41, 5.74) is 2.30. The molecule has 104 valence electrons. The van der Waals surface area contributed by atoms with Gasteiger partial charge in [0, 0.05) is 10.8 Å². The van der Waals surface area contributed by atoms with Crippen LogP contribution in [-0.2, 0) is 16.6 Å². The summed E-state index contributed by atoms with van der Waals surface area (Å²) in [4.78, 5) is 15.5. The fourth-order valence-corrected chi connectivity index (χ4v) is 4.30. The second-order valence-electron chi connectivity index (χ2n) is 3.85. The summed E-state index contributed by atoms with van der Waals surface area (Å²) < 4.78 is 12.3. The summed E-state index contributed by atoms with van der Waals surface area (Å²) in [5, 5.41) is 5.45. The largest absolute Gasteiger partial charge is 0.330 e. The number of aromatic nitrogens is 4. The van der Waals surface area contributed by atoms with E-state index >= 15 is 0 Å².